The highest BCUT2D eigenvalue weighted by molar-refractivity contribution is 7.89. The van der Waals surface area contributed by atoms with Gasteiger partial charge in [0.05, 0.1) is 23.8 Å². The largest absolute Gasteiger partial charge is 0.465 e. The summed E-state index contributed by atoms with van der Waals surface area (Å²) in [6, 6.07) is 8.81. The number of amides is 1. The lowest BCUT2D eigenvalue weighted by Gasteiger charge is -2.37. The smallest absolute Gasteiger partial charge is 0.404 e. The number of nitrogens with zero attached hydrogens (tertiary/aromatic N) is 2. The summed E-state index contributed by atoms with van der Waals surface area (Å²) >= 11 is 0. The van der Waals surface area contributed by atoms with Crippen molar-refractivity contribution in [2.75, 3.05) is 19.7 Å². The number of rotatable bonds is 3. The number of pyridine rings is 1. The summed E-state index contributed by atoms with van der Waals surface area (Å²) in [5, 5.41) is 12.1. The first kappa shape index (κ1) is 18.1. The number of carbonyl (C=O) groups is 1. The van der Waals surface area contributed by atoms with Gasteiger partial charge in [0.1, 0.15) is 4.90 Å². The van der Waals surface area contributed by atoms with Crippen LogP contribution in [-0.4, -0.2) is 60.2 Å². The average Bonchev–Trinajstić information content (AvgIpc) is 3.03. The van der Waals surface area contributed by atoms with Crippen molar-refractivity contribution in [1.82, 2.24) is 14.6 Å². The van der Waals surface area contributed by atoms with E-state index in [4.69, 9.17) is 9.84 Å². The van der Waals surface area contributed by atoms with Gasteiger partial charge in [-0.3, -0.25) is 4.98 Å². The van der Waals surface area contributed by atoms with Crippen LogP contribution in [0.5, 0.6) is 0 Å². The monoisotopic (exact) mass is 391 g/mol. The quantitative estimate of drug-likeness (QED) is 0.826. The van der Waals surface area contributed by atoms with E-state index in [1.54, 1.807) is 6.07 Å². The van der Waals surface area contributed by atoms with Crippen molar-refractivity contribution < 1.29 is 23.1 Å². The molecule has 1 atom stereocenters. The average molecular weight is 391 g/mol. The molecule has 1 aromatic heterocycles. The van der Waals surface area contributed by atoms with Crippen LogP contribution >= 0.6 is 0 Å². The molecule has 1 aromatic carbocycles. The fourth-order valence-corrected chi connectivity index (χ4v) is 5.36. The Hall–Kier alpha value is -2.23. The molecule has 2 N–H and O–H groups in total. The van der Waals surface area contributed by atoms with Gasteiger partial charge in [-0.05, 0) is 31.4 Å². The lowest BCUT2D eigenvalue weighted by Crippen LogP contribution is -2.47. The van der Waals surface area contributed by atoms with Gasteiger partial charge >= 0.3 is 6.09 Å². The van der Waals surface area contributed by atoms with Crippen molar-refractivity contribution in [3.63, 3.8) is 0 Å². The van der Waals surface area contributed by atoms with E-state index in [9.17, 15) is 13.2 Å². The van der Waals surface area contributed by atoms with Gasteiger partial charge in [0.2, 0.25) is 10.0 Å². The lowest BCUT2D eigenvalue weighted by atomic mass is 9.88. The number of benzene rings is 1. The van der Waals surface area contributed by atoms with Gasteiger partial charge in [0.25, 0.3) is 0 Å². The van der Waals surface area contributed by atoms with E-state index in [2.05, 4.69) is 10.3 Å². The van der Waals surface area contributed by atoms with Crippen molar-refractivity contribution in [1.29, 1.82) is 0 Å². The maximum atomic E-state index is 13.0. The zero-order valence-electron chi connectivity index (χ0n) is 14.7. The van der Waals surface area contributed by atoms with Gasteiger partial charge in [-0.15, -0.1) is 0 Å². The van der Waals surface area contributed by atoms with E-state index in [1.165, 1.54) is 10.5 Å². The van der Waals surface area contributed by atoms with E-state index in [0.29, 0.717) is 39.0 Å². The number of carboxylic acid groups (broad SMARTS) is 1. The first-order valence-corrected chi connectivity index (χ1v) is 10.3. The number of ether oxygens (including phenoxy) is 1. The molecule has 0 bridgehead atoms. The predicted octanol–water partition coefficient (Wildman–Crippen LogP) is 1.81. The molecule has 8 nitrogen and oxygen atoms in total. The van der Waals surface area contributed by atoms with Crippen LogP contribution in [0, 0.1) is 0 Å². The Labute approximate surface area is 157 Å². The molecule has 3 heterocycles. The molecule has 2 aliphatic heterocycles. The normalized spacial score (nSPS) is 22.9. The summed E-state index contributed by atoms with van der Waals surface area (Å²) in [4.78, 5) is 15.2. The van der Waals surface area contributed by atoms with E-state index < -0.39 is 21.7 Å². The topological polar surface area (TPSA) is 109 Å². The van der Waals surface area contributed by atoms with Crippen LogP contribution < -0.4 is 5.32 Å². The molecule has 2 fully saturated rings. The maximum absolute atomic E-state index is 13.0. The minimum Gasteiger partial charge on any atom is -0.465 e. The molecule has 9 heteroatoms. The summed E-state index contributed by atoms with van der Waals surface area (Å²) in [7, 11) is -3.63. The molecule has 1 amide bonds. The van der Waals surface area contributed by atoms with Crippen LogP contribution in [0.4, 0.5) is 4.79 Å². The first-order valence-electron chi connectivity index (χ1n) is 8.86. The Morgan fingerprint density at radius 1 is 1.30 bits per heavy atom. The molecule has 1 spiro atoms. The Morgan fingerprint density at radius 3 is 2.78 bits per heavy atom. The van der Waals surface area contributed by atoms with E-state index in [1.807, 2.05) is 24.3 Å². The highest BCUT2D eigenvalue weighted by Gasteiger charge is 2.45. The molecule has 0 saturated carbocycles. The number of nitrogens with one attached hydrogen (secondary N) is 1. The van der Waals surface area contributed by atoms with Gasteiger partial charge in [-0.2, -0.15) is 4.31 Å². The Bertz CT molecular complexity index is 970. The summed E-state index contributed by atoms with van der Waals surface area (Å²) in [5.74, 6) is 0. The van der Waals surface area contributed by atoms with Crippen molar-refractivity contribution in [2.24, 2.45) is 0 Å². The number of para-hydroxylation sites is 1. The van der Waals surface area contributed by atoms with Crippen LogP contribution in [0.3, 0.4) is 0 Å². The Balaban J connectivity index is 1.47. The standard InChI is InChI=1S/C18H21N3O5S/c22-17(23)20-14-10-18(26-12-14)5-7-21(8-6-18)27(24,25)15-9-13-3-1-2-4-16(13)19-11-15/h1-4,9,11,14,20H,5-8,10,12H2,(H,22,23). The van der Waals surface area contributed by atoms with Crippen molar-refractivity contribution in [3.8, 4) is 0 Å². The Kier molecular flexibility index (Phi) is 4.53. The minimum atomic E-state index is -3.63. The van der Waals surface area contributed by atoms with E-state index in [0.717, 1.165) is 10.9 Å². The van der Waals surface area contributed by atoms with Crippen molar-refractivity contribution in [3.05, 3.63) is 36.5 Å². The zero-order valence-corrected chi connectivity index (χ0v) is 15.5. The number of aromatic nitrogens is 1. The molecule has 0 aliphatic carbocycles. The second-order valence-electron chi connectivity index (χ2n) is 7.11. The third-order valence-corrected chi connectivity index (χ3v) is 7.24. The lowest BCUT2D eigenvalue weighted by molar-refractivity contribution is -0.0311. The highest BCUT2D eigenvalue weighted by atomic mass is 32.2. The molecule has 144 valence electrons. The first-order chi connectivity index (χ1) is 12.9. The van der Waals surface area contributed by atoms with Gasteiger partial charge in [0, 0.05) is 24.7 Å². The molecule has 2 aliphatic rings. The van der Waals surface area contributed by atoms with Crippen LogP contribution in [-0.2, 0) is 14.8 Å². The van der Waals surface area contributed by atoms with Crippen LogP contribution in [0.1, 0.15) is 19.3 Å². The van der Waals surface area contributed by atoms with Crippen LogP contribution in [0.25, 0.3) is 10.9 Å². The molecule has 1 unspecified atom stereocenters. The molecule has 2 saturated heterocycles. The molecule has 0 radical (unpaired) electrons. The molecular weight excluding hydrogens is 370 g/mol. The van der Waals surface area contributed by atoms with E-state index >= 15 is 0 Å². The van der Waals surface area contributed by atoms with Crippen LogP contribution in [0.15, 0.2) is 41.4 Å². The number of sulfonamides is 1. The summed E-state index contributed by atoms with van der Waals surface area (Å²) < 4.78 is 33.3. The summed E-state index contributed by atoms with van der Waals surface area (Å²) in [6.07, 6.45) is 2.01. The SMILES string of the molecule is O=C(O)NC1COC2(CCN(S(=O)(=O)c3cnc4ccccc4c3)CC2)C1. The minimum absolute atomic E-state index is 0.190. The summed E-state index contributed by atoms with van der Waals surface area (Å²) in [5.41, 5.74) is 0.311. The molecular formula is C18H21N3O5S. The second kappa shape index (κ2) is 6.74. The van der Waals surface area contributed by atoms with Gasteiger partial charge in [0.15, 0.2) is 0 Å². The fraction of sp³-hybridized carbons (Fsp3) is 0.444. The third kappa shape index (κ3) is 3.50. The predicted molar refractivity (Wildman–Crippen MR) is 98.0 cm³/mol. The van der Waals surface area contributed by atoms with E-state index in [-0.39, 0.29) is 10.9 Å². The number of fused-ring (bicyclic) bond motifs is 1. The number of hydrogen-bond donors (Lipinski definition) is 2. The van der Waals surface area contributed by atoms with Crippen molar-refractivity contribution >= 4 is 27.0 Å². The number of hydrogen-bond acceptors (Lipinski definition) is 5. The second-order valence-corrected chi connectivity index (χ2v) is 9.05. The van der Waals surface area contributed by atoms with Gasteiger partial charge < -0.3 is 15.2 Å². The summed E-state index contributed by atoms with van der Waals surface area (Å²) in [6.45, 7) is 1.01. The molecule has 4 rings (SSSR count). The van der Waals surface area contributed by atoms with Crippen molar-refractivity contribution in [2.45, 2.75) is 35.8 Å². The molecule has 27 heavy (non-hydrogen) atoms. The van der Waals surface area contributed by atoms with Gasteiger partial charge in [-0.1, -0.05) is 18.2 Å². The van der Waals surface area contributed by atoms with Gasteiger partial charge in [-0.25, -0.2) is 13.2 Å². The number of piperidine rings is 1. The maximum Gasteiger partial charge on any atom is 0.404 e. The molecule has 2 aromatic rings. The van der Waals surface area contributed by atoms with Crippen LogP contribution in [0.2, 0.25) is 0 Å². The zero-order chi connectivity index (χ0) is 19.1. The third-order valence-electron chi connectivity index (χ3n) is 5.37. The Morgan fingerprint density at radius 2 is 2.04 bits per heavy atom. The highest BCUT2D eigenvalue weighted by Crippen LogP contribution is 2.37. The fourth-order valence-electron chi connectivity index (χ4n) is 3.94.